The maximum Gasteiger partial charge on any atom is 0.418 e. The van der Waals surface area contributed by atoms with Crippen molar-refractivity contribution < 1.29 is 18.3 Å². The van der Waals surface area contributed by atoms with Crippen LogP contribution in [-0.2, 0) is 12.7 Å². The average Bonchev–Trinajstić information content (AvgIpc) is 2.91. The Bertz CT molecular complexity index is 476. The second-order valence-electron chi connectivity index (χ2n) is 5.41. The van der Waals surface area contributed by atoms with Gasteiger partial charge in [-0.05, 0) is 43.4 Å². The number of halogens is 3. The van der Waals surface area contributed by atoms with Gasteiger partial charge in [-0.25, -0.2) is 0 Å². The summed E-state index contributed by atoms with van der Waals surface area (Å²) in [5, 5.41) is 8.92. The highest BCUT2D eigenvalue weighted by molar-refractivity contribution is 5.58. The molecular weight excluding hydrogens is 281 g/mol. The van der Waals surface area contributed by atoms with Crippen LogP contribution in [0.4, 0.5) is 18.9 Å². The van der Waals surface area contributed by atoms with Crippen molar-refractivity contribution >= 4 is 5.69 Å². The summed E-state index contributed by atoms with van der Waals surface area (Å²) < 4.78 is 39.9. The summed E-state index contributed by atoms with van der Waals surface area (Å²) in [5.41, 5.74) is 5.56. The Labute approximate surface area is 122 Å². The van der Waals surface area contributed by atoms with E-state index in [1.165, 1.54) is 6.07 Å². The van der Waals surface area contributed by atoms with E-state index in [0.29, 0.717) is 24.9 Å². The number of aliphatic hydroxyl groups is 1. The molecule has 0 radical (unpaired) electrons. The molecule has 2 rings (SSSR count). The second-order valence-corrected chi connectivity index (χ2v) is 5.41. The molecule has 0 bridgehead atoms. The van der Waals surface area contributed by atoms with Gasteiger partial charge < -0.3 is 15.7 Å². The predicted molar refractivity (Wildman–Crippen MR) is 76.0 cm³/mol. The van der Waals surface area contributed by atoms with Crippen LogP contribution in [0.2, 0.25) is 0 Å². The van der Waals surface area contributed by atoms with Crippen molar-refractivity contribution in [3.63, 3.8) is 0 Å². The van der Waals surface area contributed by atoms with E-state index in [-0.39, 0.29) is 24.9 Å². The van der Waals surface area contributed by atoms with E-state index in [0.717, 1.165) is 18.9 Å². The average molecular weight is 302 g/mol. The standard InChI is InChI=1S/C15H21F3N2O/c16-15(17,18)13-9-11(10-19)5-6-14(13)20-7-1-3-12(20)4-2-8-21/h5-6,9,12,21H,1-4,7-8,10,19H2. The maximum atomic E-state index is 13.3. The number of aliphatic hydroxyl groups excluding tert-OH is 1. The molecule has 21 heavy (non-hydrogen) atoms. The number of anilines is 1. The van der Waals surface area contributed by atoms with Crippen LogP contribution in [-0.4, -0.2) is 24.3 Å². The summed E-state index contributed by atoms with van der Waals surface area (Å²) in [7, 11) is 0. The van der Waals surface area contributed by atoms with Crippen LogP contribution < -0.4 is 10.6 Å². The zero-order chi connectivity index (χ0) is 15.5. The highest BCUT2D eigenvalue weighted by Crippen LogP contribution is 2.40. The lowest BCUT2D eigenvalue weighted by Gasteiger charge is -2.29. The minimum absolute atomic E-state index is 0.0713. The molecule has 3 nitrogen and oxygen atoms in total. The van der Waals surface area contributed by atoms with Crippen LogP contribution in [0.1, 0.15) is 36.8 Å². The van der Waals surface area contributed by atoms with Crippen molar-refractivity contribution in [1.82, 2.24) is 0 Å². The minimum atomic E-state index is -4.38. The molecule has 1 heterocycles. The van der Waals surface area contributed by atoms with Gasteiger partial charge in [0.25, 0.3) is 0 Å². The molecule has 1 aromatic rings. The zero-order valence-corrected chi connectivity index (χ0v) is 11.9. The molecule has 1 atom stereocenters. The number of hydrogen-bond donors (Lipinski definition) is 2. The first kappa shape index (κ1) is 16.1. The Balaban J connectivity index is 2.33. The van der Waals surface area contributed by atoms with Gasteiger partial charge in [0.1, 0.15) is 0 Å². The van der Waals surface area contributed by atoms with E-state index in [4.69, 9.17) is 10.8 Å². The molecule has 0 aromatic heterocycles. The number of hydrogen-bond acceptors (Lipinski definition) is 3. The number of nitrogens with zero attached hydrogens (tertiary/aromatic N) is 1. The van der Waals surface area contributed by atoms with E-state index in [9.17, 15) is 13.2 Å². The number of alkyl halides is 3. The summed E-state index contributed by atoms with van der Waals surface area (Å²) in [4.78, 5) is 1.83. The Hall–Kier alpha value is -1.27. The lowest BCUT2D eigenvalue weighted by Crippen LogP contribution is -2.31. The fraction of sp³-hybridized carbons (Fsp3) is 0.600. The molecule has 1 aliphatic heterocycles. The third-order valence-corrected chi connectivity index (χ3v) is 3.98. The SMILES string of the molecule is NCc1ccc(N2CCCC2CCCO)c(C(F)(F)F)c1. The molecule has 3 N–H and O–H groups in total. The topological polar surface area (TPSA) is 49.5 Å². The van der Waals surface area contributed by atoms with Crippen LogP contribution in [0.15, 0.2) is 18.2 Å². The molecule has 0 spiro atoms. The lowest BCUT2D eigenvalue weighted by molar-refractivity contribution is -0.137. The highest BCUT2D eigenvalue weighted by Gasteiger charge is 2.37. The second kappa shape index (κ2) is 6.66. The number of rotatable bonds is 5. The fourth-order valence-corrected chi connectivity index (χ4v) is 2.97. The molecular formula is C15H21F3N2O. The highest BCUT2D eigenvalue weighted by atomic mass is 19.4. The molecule has 1 aliphatic rings. The normalized spacial score (nSPS) is 19.3. The molecule has 118 valence electrons. The quantitative estimate of drug-likeness (QED) is 0.879. The van der Waals surface area contributed by atoms with Gasteiger partial charge in [0, 0.05) is 31.4 Å². The molecule has 1 fully saturated rings. The van der Waals surface area contributed by atoms with Gasteiger partial charge in [0.15, 0.2) is 0 Å². The summed E-state index contributed by atoms with van der Waals surface area (Å²) in [6.45, 7) is 0.793. The predicted octanol–water partition coefficient (Wildman–Crippen LogP) is 2.91. The van der Waals surface area contributed by atoms with Crippen LogP contribution in [0.5, 0.6) is 0 Å². The molecule has 0 amide bonds. The van der Waals surface area contributed by atoms with E-state index in [1.807, 2.05) is 4.90 Å². The first-order chi connectivity index (χ1) is 9.97. The van der Waals surface area contributed by atoms with Crippen molar-refractivity contribution in [3.8, 4) is 0 Å². The molecule has 0 saturated carbocycles. The number of nitrogens with two attached hydrogens (primary N) is 1. The van der Waals surface area contributed by atoms with Crippen LogP contribution in [0.25, 0.3) is 0 Å². The first-order valence-corrected chi connectivity index (χ1v) is 7.25. The smallest absolute Gasteiger partial charge is 0.396 e. The van der Waals surface area contributed by atoms with Crippen molar-refractivity contribution in [3.05, 3.63) is 29.3 Å². The molecule has 6 heteroatoms. The lowest BCUT2D eigenvalue weighted by atomic mass is 10.0. The summed E-state index contributed by atoms with van der Waals surface area (Å²) in [5.74, 6) is 0. The Kier molecular flexibility index (Phi) is 5.11. The summed E-state index contributed by atoms with van der Waals surface area (Å²) >= 11 is 0. The van der Waals surface area contributed by atoms with Gasteiger partial charge in [-0.3, -0.25) is 0 Å². The largest absolute Gasteiger partial charge is 0.418 e. The summed E-state index contributed by atoms with van der Waals surface area (Å²) in [6, 6.07) is 4.41. The van der Waals surface area contributed by atoms with E-state index < -0.39 is 11.7 Å². The van der Waals surface area contributed by atoms with Gasteiger partial charge in [-0.2, -0.15) is 13.2 Å². The Morgan fingerprint density at radius 1 is 1.33 bits per heavy atom. The van der Waals surface area contributed by atoms with E-state index in [1.54, 1.807) is 6.07 Å². The van der Waals surface area contributed by atoms with Gasteiger partial charge >= 0.3 is 6.18 Å². The molecule has 1 saturated heterocycles. The monoisotopic (exact) mass is 302 g/mol. The van der Waals surface area contributed by atoms with E-state index in [2.05, 4.69) is 0 Å². The van der Waals surface area contributed by atoms with Crippen molar-refractivity contribution in [2.75, 3.05) is 18.1 Å². The minimum Gasteiger partial charge on any atom is -0.396 e. The van der Waals surface area contributed by atoms with Crippen molar-refractivity contribution in [2.45, 2.75) is 44.4 Å². The van der Waals surface area contributed by atoms with Gasteiger partial charge in [0.05, 0.1) is 5.56 Å². The molecule has 1 unspecified atom stereocenters. The molecule has 1 aromatic carbocycles. The van der Waals surface area contributed by atoms with E-state index >= 15 is 0 Å². The Morgan fingerprint density at radius 2 is 2.10 bits per heavy atom. The summed E-state index contributed by atoms with van der Waals surface area (Å²) in [6.07, 6.45) is -1.30. The Morgan fingerprint density at radius 3 is 2.71 bits per heavy atom. The van der Waals surface area contributed by atoms with Gasteiger partial charge in [0.2, 0.25) is 0 Å². The van der Waals surface area contributed by atoms with Crippen LogP contribution in [0.3, 0.4) is 0 Å². The maximum absolute atomic E-state index is 13.3. The molecule has 0 aliphatic carbocycles. The van der Waals surface area contributed by atoms with Crippen LogP contribution in [0, 0.1) is 0 Å². The van der Waals surface area contributed by atoms with Gasteiger partial charge in [-0.1, -0.05) is 6.07 Å². The fourth-order valence-electron chi connectivity index (χ4n) is 2.97. The first-order valence-electron chi connectivity index (χ1n) is 7.25. The van der Waals surface area contributed by atoms with Crippen LogP contribution >= 0.6 is 0 Å². The third kappa shape index (κ3) is 3.68. The number of benzene rings is 1. The van der Waals surface area contributed by atoms with Crippen molar-refractivity contribution in [1.29, 1.82) is 0 Å². The van der Waals surface area contributed by atoms with Crippen molar-refractivity contribution in [2.24, 2.45) is 5.73 Å². The zero-order valence-electron chi connectivity index (χ0n) is 11.9. The third-order valence-electron chi connectivity index (χ3n) is 3.98. The van der Waals surface area contributed by atoms with Gasteiger partial charge in [-0.15, -0.1) is 0 Å².